The van der Waals surface area contributed by atoms with E-state index in [1.165, 1.54) is 32.1 Å². The summed E-state index contributed by atoms with van der Waals surface area (Å²) in [5, 5.41) is 0. The van der Waals surface area contributed by atoms with Crippen molar-refractivity contribution in [3.8, 4) is 0 Å². The van der Waals surface area contributed by atoms with Crippen LogP contribution in [0.1, 0.15) is 191 Å². The Balaban J connectivity index is 1.33. The second-order valence-electron chi connectivity index (χ2n) is 23.3. The molecule has 0 aromatic heterocycles. The van der Waals surface area contributed by atoms with Gasteiger partial charge in [-0.25, -0.2) is 0 Å². The predicted molar refractivity (Wildman–Crippen MR) is 224 cm³/mol. The van der Waals surface area contributed by atoms with Crippen molar-refractivity contribution in [3.05, 3.63) is 0 Å². The minimum atomic E-state index is 0.582. The van der Waals surface area contributed by atoms with E-state index in [2.05, 4.69) is 69.2 Å². The van der Waals surface area contributed by atoms with E-state index in [9.17, 15) is 0 Å². The third-order valence-corrected chi connectivity index (χ3v) is 21.2. The quantitative estimate of drug-likeness (QED) is 0.223. The summed E-state index contributed by atoms with van der Waals surface area (Å²) in [7, 11) is 0. The number of hydrogen-bond donors (Lipinski definition) is 0. The van der Waals surface area contributed by atoms with E-state index in [0.29, 0.717) is 5.41 Å². The maximum absolute atomic E-state index is 2.77. The number of hydrogen-bond acceptors (Lipinski definition) is 0. The molecule has 1 spiro atoms. The molecule has 0 aromatic carbocycles. The Bertz CT molecular complexity index is 1170. The Hall–Kier alpha value is 0. The van der Waals surface area contributed by atoms with E-state index in [0.717, 1.165) is 130 Å². The van der Waals surface area contributed by atoms with Crippen LogP contribution in [0.3, 0.4) is 0 Å². The van der Waals surface area contributed by atoms with Crippen molar-refractivity contribution >= 4 is 0 Å². The van der Waals surface area contributed by atoms with Crippen molar-refractivity contribution < 1.29 is 0 Å². The van der Waals surface area contributed by atoms with Crippen molar-refractivity contribution in [3.63, 3.8) is 0 Å². The maximum atomic E-state index is 2.77. The first-order valence-corrected chi connectivity index (χ1v) is 25.1. The first-order valence-electron chi connectivity index (χ1n) is 25.1. The summed E-state index contributed by atoms with van der Waals surface area (Å²) >= 11 is 0. The Morgan fingerprint density at radius 1 is 0.462 bits per heavy atom. The van der Waals surface area contributed by atoms with Gasteiger partial charge in [-0.05, 0) is 200 Å². The monoisotopic (exact) mass is 715 g/mol. The highest BCUT2D eigenvalue weighted by Gasteiger charge is 2.74. The minimum absolute atomic E-state index is 0.582. The molecular weight excluding hydrogens is 625 g/mol. The second-order valence-corrected chi connectivity index (χ2v) is 23.3. The normalized spacial score (nSPS) is 50.0. The van der Waals surface area contributed by atoms with Crippen LogP contribution in [0.4, 0.5) is 0 Å². The Labute approximate surface area is 325 Å². The number of rotatable bonds is 9. The second kappa shape index (κ2) is 15.4. The molecule has 8 rings (SSSR count). The lowest BCUT2D eigenvalue weighted by Crippen LogP contribution is -2.57. The largest absolute Gasteiger partial charge is 0.0651 e. The van der Waals surface area contributed by atoms with E-state index in [1.54, 1.807) is 89.9 Å². The van der Waals surface area contributed by atoms with Gasteiger partial charge in [-0.1, -0.05) is 127 Å². The smallest absolute Gasteiger partial charge is 0.0196 e. The van der Waals surface area contributed by atoms with Gasteiger partial charge >= 0.3 is 0 Å². The Morgan fingerprint density at radius 2 is 1.08 bits per heavy atom. The summed E-state index contributed by atoms with van der Waals surface area (Å²) in [6.07, 6.45) is 29.6. The Morgan fingerprint density at radius 3 is 1.71 bits per heavy atom. The van der Waals surface area contributed by atoms with Crippen LogP contribution >= 0.6 is 0 Å². The zero-order valence-electron chi connectivity index (χ0n) is 36.6. The SMILES string of the molecule is CCC(CC)C1CC(C(CC)CC)C(C(C)C)C2(C1)C1CC(C(C)C)C3CCCCC3C1C1C3CC4C5CCCCC5CCC4C3CC(C(C)C)C12. The molecule has 0 heterocycles. The molecule has 8 saturated carbocycles. The molecule has 0 heteroatoms. The molecule has 0 bridgehead atoms. The summed E-state index contributed by atoms with van der Waals surface area (Å²) in [6.45, 7) is 26.8. The van der Waals surface area contributed by atoms with Crippen molar-refractivity contribution in [2.45, 2.75) is 191 Å². The molecule has 0 amide bonds. The zero-order chi connectivity index (χ0) is 36.6. The lowest BCUT2D eigenvalue weighted by atomic mass is 9.41. The van der Waals surface area contributed by atoms with Gasteiger partial charge in [-0.3, -0.25) is 0 Å². The molecule has 0 nitrogen and oxygen atoms in total. The van der Waals surface area contributed by atoms with Crippen LogP contribution in [0.5, 0.6) is 0 Å². The molecular formula is C52H90. The van der Waals surface area contributed by atoms with E-state index in [1.807, 2.05) is 0 Å². The summed E-state index contributed by atoms with van der Waals surface area (Å²) < 4.78 is 0. The molecule has 8 fully saturated rings. The molecule has 0 radical (unpaired) electrons. The van der Waals surface area contributed by atoms with Gasteiger partial charge in [-0.2, -0.15) is 0 Å². The van der Waals surface area contributed by atoms with E-state index in [-0.39, 0.29) is 0 Å². The fourth-order valence-corrected chi connectivity index (χ4v) is 20.0. The maximum Gasteiger partial charge on any atom is -0.0196 e. The standard InChI is InChI=1S/C52H90/c1-11-33(12-2)36-25-43(34(13-3)14-4)50(32(9)10)52(29-36)47-28-41(30(5)6)38-21-17-18-22-40(38)48(47)49-46-27-44-37-20-16-15-19-35(37)23-24-39(44)45(46)26-42(31(7)8)51(49)52/h30-51H,11-29H2,1-10H3. The van der Waals surface area contributed by atoms with Gasteiger partial charge in [-0.15, -0.1) is 0 Å². The highest BCUT2D eigenvalue weighted by Crippen LogP contribution is 2.80. The van der Waals surface area contributed by atoms with Gasteiger partial charge in [0.1, 0.15) is 0 Å². The summed E-state index contributed by atoms with van der Waals surface area (Å²) in [4.78, 5) is 0. The third-order valence-electron chi connectivity index (χ3n) is 21.2. The van der Waals surface area contributed by atoms with Crippen molar-refractivity contribution in [1.82, 2.24) is 0 Å². The fourth-order valence-electron chi connectivity index (χ4n) is 20.0. The molecule has 18 unspecified atom stereocenters. The molecule has 18 atom stereocenters. The van der Waals surface area contributed by atoms with Crippen LogP contribution in [-0.4, -0.2) is 0 Å². The van der Waals surface area contributed by atoms with Gasteiger partial charge in [0.2, 0.25) is 0 Å². The minimum Gasteiger partial charge on any atom is -0.0651 e. The average Bonchev–Trinajstić information content (AvgIpc) is 3.65. The first-order chi connectivity index (χ1) is 25.1. The molecule has 0 saturated heterocycles. The van der Waals surface area contributed by atoms with E-state index >= 15 is 0 Å². The molecule has 8 aliphatic carbocycles. The topological polar surface area (TPSA) is 0 Å². The van der Waals surface area contributed by atoms with Crippen molar-refractivity contribution in [1.29, 1.82) is 0 Å². The van der Waals surface area contributed by atoms with E-state index in [4.69, 9.17) is 0 Å². The molecule has 8 aliphatic rings. The van der Waals surface area contributed by atoms with Crippen molar-refractivity contribution in [2.24, 2.45) is 136 Å². The van der Waals surface area contributed by atoms with Gasteiger partial charge in [0.05, 0.1) is 0 Å². The molecule has 0 N–H and O–H groups in total. The molecule has 0 aromatic rings. The van der Waals surface area contributed by atoms with Crippen LogP contribution in [0.15, 0.2) is 0 Å². The molecule has 52 heavy (non-hydrogen) atoms. The van der Waals surface area contributed by atoms with Crippen LogP contribution in [-0.2, 0) is 0 Å². The predicted octanol–water partition coefficient (Wildman–Crippen LogP) is 15.2. The van der Waals surface area contributed by atoms with Crippen LogP contribution in [0, 0.1) is 136 Å². The van der Waals surface area contributed by atoms with Crippen LogP contribution in [0.2, 0.25) is 0 Å². The van der Waals surface area contributed by atoms with Crippen LogP contribution < -0.4 is 0 Å². The summed E-state index contributed by atoms with van der Waals surface area (Å²) in [5.74, 6) is 22.1. The molecule has 0 aliphatic heterocycles. The van der Waals surface area contributed by atoms with Gasteiger partial charge in [0.25, 0.3) is 0 Å². The van der Waals surface area contributed by atoms with Gasteiger partial charge in [0.15, 0.2) is 0 Å². The van der Waals surface area contributed by atoms with Gasteiger partial charge in [0, 0.05) is 0 Å². The summed E-state index contributed by atoms with van der Waals surface area (Å²) in [6, 6.07) is 0. The van der Waals surface area contributed by atoms with E-state index < -0.39 is 0 Å². The molecule has 298 valence electrons. The summed E-state index contributed by atoms with van der Waals surface area (Å²) in [5.41, 5.74) is 0.582. The lowest BCUT2D eigenvalue weighted by Gasteiger charge is -2.63. The number of fused-ring (bicyclic) bond motifs is 13. The van der Waals surface area contributed by atoms with Crippen LogP contribution in [0.25, 0.3) is 0 Å². The average molecular weight is 715 g/mol. The zero-order valence-corrected chi connectivity index (χ0v) is 36.6. The van der Waals surface area contributed by atoms with Crippen molar-refractivity contribution in [2.75, 3.05) is 0 Å². The highest BCUT2D eigenvalue weighted by atomic mass is 14.8. The third kappa shape index (κ3) is 5.95. The Kier molecular flexibility index (Phi) is 11.5. The lowest BCUT2D eigenvalue weighted by molar-refractivity contribution is -0.153. The first kappa shape index (κ1) is 38.9. The highest BCUT2D eigenvalue weighted by molar-refractivity contribution is 5.22. The van der Waals surface area contributed by atoms with Gasteiger partial charge < -0.3 is 0 Å². The fraction of sp³-hybridized carbons (Fsp3) is 1.00.